The van der Waals surface area contributed by atoms with Gasteiger partial charge in [0.25, 0.3) is 11.8 Å². The van der Waals surface area contributed by atoms with Gasteiger partial charge in [-0.3, -0.25) is 14.5 Å². The SMILES string of the molecule is C[C@H]1CCC[C@H](C)C12NC(=O)N(Cc1nnc(C(=O)Nc3ccccc3)s1)C2=O. The lowest BCUT2D eigenvalue weighted by atomic mass is 9.67. The summed E-state index contributed by atoms with van der Waals surface area (Å²) in [5, 5.41) is 14.3. The smallest absolute Gasteiger partial charge is 0.323 e. The van der Waals surface area contributed by atoms with Crippen LogP contribution in [0.1, 0.15) is 47.9 Å². The molecule has 0 radical (unpaired) electrons. The van der Waals surface area contributed by atoms with Crippen molar-refractivity contribution in [3.8, 4) is 0 Å². The quantitative estimate of drug-likeness (QED) is 0.750. The molecular formula is C20H23N5O3S. The average molecular weight is 414 g/mol. The maximum Gasteiger partial charge on any atom is 0.325 e. The Morgan fingerprint density at radius 1 is 1.21 bits per heavy atom. The monoisotopic (exact) mass is 413 g/mol. The molecule has 1 aliphatic carbocycles. The predicted octanol–water partition coefficient (Wildman–Crippen LogP) is 3.04. The number of benzene rings is 1. The van der Waals surface area contributed by atoms with E-state index in [0.717, 1.165) is 30.6 Å². The third-order valence-corrected chi connectivity index (χ3v) is 6.88. The molecule has 8 nitrogen and oxygen atoms in total. The Morgan fingerprint density at radius 3 is 2.59 bits per heavy atom. The van der Waals surface area contributed by atoms with Crippen LogP contribution in [-0.2, 0) is 11.3 Å². The lowest BCUT2D eigenvalue weighted by molar-refractivity contribution is -0.136. The van der Waals surface area contributed by atoms with E-state index in [1.54, 1.807) is 12.1 Å². The van der Waals surface area contributed by atoms with E-state index >= 15 is 0 Å². The summed E-state index contributed by atoms with van der Waals surface area (Å²) >= 11 is 1.08. The number of hydrogen-bond donors (Lipinski definition) is 2. The van der Waals surface area contributed by atoms with E-state index in [2.05, 4.69) is 20.8 Å². The topological polar surface area (TPSA) is 104 Å². The molecule has 2 fully saturated rings. The van der Waals surface area contributed by atoms with Crippen LogP contribution in [0.25, 0.3) is 0 Å². The zero-order valence-electron chi connectivity index (χ0n) is 16.3. The van der Waals surface area contributed by atoms with Crippen LogP contribution in [0.3, 0.4) is 0 Å². The van der Waals surface area contributed by atoms with Crippen molar-refractivity contribution in [2.75, 3.05) is 5.32 Å². The van der Waals surface area contributed by atoms with Gasteiger partial charge in [0.05, 0.1) is 6.54 Å². The van der Waals surface area contributed by atoms with Gasteiger partial charge in [0, 0.05) is 5.69 Å². The van der Waals surface area contributed by atoms with Crippen molar-refractivity contribution in [1.29, 1.82) is 0 Å². The van der Waals surface area contributed by atoms with Gasteiger partial charge in [0.2, 0.25) is 5.01 Å². The molecule has 2 aromatic rings. The van der Waals surface area contributed by atoms with Crippen molar-refractivity contribution >= 4 is 34.9 Å². The number of para-hydroxylation sites is 1. The molecule has 2 N–H and O–H groups in total. The van der Waals surface area contributed by atoms with E-state index in [-0.39, 0.29) is 35.2 Å². The first-order valence-electron chi connectivity index (χ1n) is 9.74. The third-order valence-electron chi connectivity index (χ3n) is 5.97. The normalized spacial score (nSPS) is 23.3. The number of carbonyl (C=O) groups excluding carboxylic acids is 3. The van der Waals surface area contributed by atoms with Crippen LogP contribution in [-0.4, -0.2) is 38.5 Å². The number of urea groups is 1. The van der Waals surface area contributed by atoms with Crippen LogP contribution < -0.4 is 10.6 Å². The number of rotatable bonds is 4. The average Bonchev–Trinajstić information content (AvgIpc) is 3.27. The summed E-state index contributed by atoms with van der Waals surface area (Å²) in [6.45, 7) is 4.06. The summed E-state index contributed by atoms with van der Waals surface area (Å²) in [7, 11) is 0. The van der Waals surface area contributed by atoms with Crippen LogP contribution in [0, 0.1) is 11.8 Å². The molecule has 152 valence electrons. The zero-order chi connectivity index (χ0) is 20.6. The van der Waals surface area contributed by atoms with Crippen molar-refractivity contribution in [2.45, 2.75) is 45.2 Å². The standard InChI is InChI=1S/C20H23N5O3S/c1-12-7-6-8-13(2)20(12)18(27)25(19(28)22-20)11-15-23-24-17(29-15)16(26)21-14-9-4-3-5-10-14/h3-5,9-10,12-13H,6-8,11H2,1-2H3,(H,21,26)(H,22,28)/t12-,13-/m0/s1. The van der Waals surface area contributed by atoms with Crippen molar-refractivity contribution in [3.05, 3.63) is 40.3 Å². The molecule has 2 aliphatic rings. The molecule has 2 heterocycles. The number of hydrogen-bond acceptors (Lipinski definition) is 6. The Kier molecular flexibility index (Phi) is 5.08. The van der Waals surface area contributed by atoms with Gasteiger partial charge < -0.3 is 10.6 Å². The van der Waals surface area contributed by atoms with Gasteiger partial charge >= 0.3 is 6.03 Å². The Morgan fingerprint density at radius 2 is 1.90 bits per heavy atom. The highest BCUT2D eigenvalue weighted by Crippen LogP contribution is 2.42. The van der Waals surface area contributed by atoms with Crippen molar-refractivity contribution in [1.82, 2.24) is 20.4 Å². The van der Waals surface area contributed by atoms with Gasteiger partial charge in [-0.15, -0.1) is 10.2 Å². The molecular weight excluding hydrogens is 390 g/mol. The minimum Gasteiger partial charge on any atom is -0.323 e. The number of anilines is 1. The van der Waals surface area contributed by atoms with Crippen LogP contribution in [0.4, 0.5) is 10.5 Å². The lowest BCUT2D eigenvalue weighted by Gasteiger charge is -2.42. The maximum atomic E-state index is 13.2. The largest absolute Gasteiger partial charge is 0.325 e. The fourth-order valence-corrected chi connectivity index (χ4v) is 5.07. The molecule has 4 rings (SSSR count). The zero-order valence-corrected chi connectivity index (χ0v) is 17.2. The van der Waals surface area contributed by atoms with Gasteiger partial charge in [-0.25, -0.2) is 4.79 Å². The molecule has 1 saturated carbocycles. The summed E-state index contributed by atoms with van der Waals surface area (Å²) in [6, 6.07) is 8.65. The van der Waals surface area contributed by atoms with Gasteiger partial charge in [-0.05, 0) is 36.8 Å². The molecule has 0 bridgehead atoms. The minimum atomic E-state index is -0.840. The van der Waals surface area contributed by atoms with Crippen molar-refractivity contribution in [3.63, 3.8) is 0 Å². The molecule has 1 spiro atoms. The first kappa shape index (κ1) is 19.5. The van der Waals surface area contributed by atoms with Crippen molar-refractivity contribution < 1.29 is 14.4 Å². The van der Waals surface area contributed by atoms with Gasteiger partial charge in [-0.1, -0.05) is 49.8 Å². The molecule has 1 aliphatic heterocycles. The minimum absolute atomic E-state index is 0.0160. The fourth-order valence-electron chi connectivity index (χ4n) is 4.35. The number of amides is 4. The number of nitrogens with zero attached hydrogens (tertiary/aromatic N) is 3. The second-order valence-corrected chi connectivity index (χ2v) is 8.81. The molecule has 9 heteroatoms. The van der Waals surface area contributed by atoms with Crippen molar-refractivity contribution in [2.24, 2.45) is 11.8 Å². The second kappa shape index (κ2) is 7.55. The number of imide groups is 1. The number of aromatic nitrogens is 2. The lowest BCUT2D eigenvalue weighted by Crippen LogP contribution is -2.58. The van der Waals surface area contributed by atoms with E-state index in [4.69, 9.17) is 0 Å². The van der Waals surface area contributed by atoms with E-state index in [1.165, 1.54) is 4.90 Å². The second-order valence-electron chi connectivity index (χ2n) is 7.74. The summed E-state index contributed by atoms with van der Waals surface area (Å²) < 4.78 is 0. The van der Waals surface area contributed by atoms with E-state index in [9.17, 15) is 14.4 Å². The van der Waals surface area contributed by atoms with Crippen LogP contribution in [0.5, 0.6) is 0 Å². The van der Waals surface area contributed by atoms with Crippen LogP contribution >= 0.6 is 11.3 Å². The molecule has 0 unspecified atom stereocenters. The maximum absolute atomic E-state index is 13.2. The summed E-state index contributed by atoms with van der Waals surface area (Å²) in [4.78, 5) is 39.4. The Bertz CT molecular complexity index is 935. The molecule has 29 heavy (non-hydrogen) atoms. The molecule has 2 atom stereocenters. The van der Waals surface area contributed by atoms with E-state index in [0.29, 0.717) is 10.7 Å². The van der Waals surface area contributed by atoms with Gasteiger partial charge in [-0.2, -0.15) is 0 Å². The first-order chi connectivity index (χ1) is 13.9. The Hall–Kier alpha value is -2.81. The number of carbonyl (C=O) groups is 3. The first-order valence-corrected chi connectivity index (χ1v) is 10.6. The third kappa shape index (κ3) is 3.39. The fraction of sp³-hybridized carbons (Fsp3) is 0.450. The summed E-state index contributed by atoms with van der Waals surface area (Å²) in [5.74, 6) is -0.417. The van der Waals surface area contributed by atoms with Crippen LogP contribution in [0.15, 0.2) is 30.3 Å². The van der Waals surface area contributed by atoms with Gasteiger partial charge in [0.1, 0.15) is 10.5 Å². The highest BCUT2D eigenvalue weighted by atomic mass is 32.1. The highest BCUT2D eigenvalue weighted by Gasteiger charge is 2.58. The Balaban J connectivity index is 1.48. The summed E-state index contributed by atoms with van der Waals surface area (Å²) in [5.41, 5.74) is -0.182. The molecule has 4 amide bonds. The van der Waals surface area contributed by atoms with E-state index in [1.807, 2.05) is 32.0 Å². The molecule has 1 aromatic heterocycles. The molecule has 1 saturated heterocycles. The van der Waals surface area contributed by atoms with E-state index < -0.39 is 11.6 Å². The number of nitrogens with one attached hydrogen (secondary N) is 2. The Labute approximate surface area is 172 Å². The highest BCUT2D eigenvalue weighted by molar-refractivity contribution is 7.13. The summed E-state index contributed by atoms with van der Waals surface area (Å²) in [6.07, 6.45) is 2.88. The predicted molar refractivity (Wildman–Crippen MR) is 108 cm³/mol. The van der Waals surface area contributed by atoms with Crippen LogP contribution in [0.2, 0.25) is 0 Å². The van der Waals surface area contributed by atoms with Gasteiger partial charge in [0.15, 0.2) is 0 Å². The molecule has 1 aromatic carbocycles.